The van der Waals surface area contributed by atoms with Crippen LogP contribution in [0.1, 0.15) is 25.2 Å². The molecule has 0 atom stereocenters. The van der Waals surface area contributed by atoms with Gasteiger partial charge in [0.15, 0.2) is 11.3 Å². The van der Waals surface area contributed by atoms with Gasteiger partial charge in [-0.3, -0.25) is 4.68 Å². The third-order valence-corrected chi connectivity index (χ3v) is 4.10. The van der Waals surface area contributed by atoms with Crippen LogP contribution in [0.3, 0.4) is 0 Å². The maximum Gasteiger partial charge on any atom is 0.240 e. The molecule has 0 saturated heterocycles. The van der Waals surface area contributed by atoms with E-state index in [2.05, 4.69) is 30.8 Å². The summed E-state index contributed by atoms with van der Waals surface area (Å²) >= 11 is 0. The predicted octanol–water partition coefficient (Wildman–Crippen LogP) is 2.43. The summed E-state index contributed by atoms with van der Waals surface area (Å²) in [4.78, 5) is 0. The largest absolute Gasteiger partial charge is 0.470 e. The van der Waals surface area contributed by atoms with Crippen LogP contribution in [0.15, 0.2) is 41.1 Å². The minimum absolute atomic E-state index is 0.125. The summed E-state index contributed by atoms with van der Waals surface area (Å²) in [5.41, 5.74) is 1.19. The summed E-state index contributed by atoms with van der Waals surface area (Å²) in [5.74, 6) is 1.22. The van der Waals surface area contributed by atoms with E-state index in [4.69, 9.17) is 16.1 Å². The second kappa shape index (κ2) is 6.41. The number of hydrogen-bond acceptors (Lipinski definition) is 8. The molecular formula is C18H16N8O2. The Morgan fingerprint density at radius 2 is 2.11 bits per heavy atom. The quantitative estimate of drug-likeness (QED) is 0.457. The molecule has 0 radical (unpaired) electrons. The minimum atomic E-state index is -2.91. The Balaban J connectivity index is 1.52. The van der Waals surface area contributed by atoms with E-state index in [9.17, 15) is 0 Å². The Hall–Kier alpha value is -3.82. The molecule has 0 saturated carbocycles. The Bertz CT molecular complexity index is 1470. The molecule has 0 spiro atoms. The number of nitrogens with zero attached hydrogens (tertiary/aromatic N) is 8. The molecule has 4 aromatic heterocycles. The van der Waals surface area contributed by atoms with E-state index in [1.807, 2.05) is 24.3 Å². The molecule has 0 aliphatic rings. The highest BCUT2D eigenvalue weighted by atomic mass is 16.5. The number of fused-ring (bicyclic) bond motifs is 3. The lowest BCUT2D eigenvalue weighted by atomic mass is 10.2. The molecule has 0 N–H and O–H groups in total. The zero-order valence-corrected chi connectivity index (χ0v) is 14.6. The van der Waals surface area contributed by atoms with Crippen LogP contribution in [0.2, 0.25) is 0 Å². The molecule has 4 heterocycles. The van der Waals surface area contributed by atoms with Crippen LogP contribution in [0.4, 0.5) is 0 Å². The molecule has 0 amide bonds. The van der Waals surface area contributed by atoms with E-state index >= 15 is 0 Å². The second-order valence-electron chi connectivity index (χ2n) is 5.99. The van der Waals surface area contributed by atoms with Gasteiger partial charge in [0, 0.05) is 27.4 Å². The van der Waals surface area contributed by atoms with Crippen molar-refractivity contribution in [2.24, 2.45) is 0 Å². The summed E-state index contributed by atoms with van der Waals surface area (Å²) < 4.78 is 50.9. The first kappa shape index (κ1) is 11.8. The van der Waals surface area contributed by atoms with Crippen LogP contribution in [0.5, 0.6) is 5.88 Å². The first-order valence-corrected chi connectivity index (χ1v) is 8.27. The number of aromatic nitrogens is 8. The number of aryl methyl sites for hydroxylation is 2. The zero-order chi connectivity index (χ0) is 23.4. The molecule has 28 heavy (non-hydrogen) atoms. The highest BCUT2D eigenvalue weighted by Crippen LogP contribution is 2.29. The van der Waals surface area contributed by atoms with Crippen LogP contribution >= 0.6 is 0 Å². The number of hydrogen-bond donors (Lipinski definition) is 0. The smallest absolute Gasteiger partial charge is 0.240 e. The maximum absolute atomic E-state index is 7.80. The van der Waals surface area contributed by atoms with Gasteiger partial charge in [-0.05, 0) is 19.8 Å². The van der Waals surface area contributed by atoms with Crippen LogP contribution in [0.25, 0.3) is 27.9 Å². The molecular weight excluding hydrogens is 360 g/mol. The standard InChI is InChI=1S/C18H16N8O2/c1-3-25-9-12(19-24-25)10-27-18-14-7-5-4-6-13(14)16-20-21-17(26(16)22-18)15-8-11(2)28-23-15/h4-9H,3,10H2,1-2H3/i1D3,3D2. The highest BCUT2D eigenvalue weighted by Gasteiger charge is 2.18. The lowest BCUT2D eigenvalue weighted by Gasteiger charge is -2.08. The molecule has 0 fully saturated rings. The van der Waals surface area contributed by atoms with Crippen molar-refractivity contribution in [2.75, 3.05) is 0 Å². The van der Waals surface area contributed by atoms with Gasteiger partial charge in [-0.15, -0.1) is 20.4 Å². The van der Waals surface area contributed by atoms with E-state index < -0.39 is 13.3 Å². The monoisotopic (exact) mass is 381 g/mol. The minimum Gasteiger partial charge on any atom is -0.470 e. The molecule has 5 rings (SSSR count). The topological polar surface area (TPSA) is 109 Å². The third kappa shape index (κ3) is 2.66. The van der Waals surface area contributed by atoms with E-state index in [-0.39, 0.29) is 18.2 Å². The van der Waals surface area contributed by atoms with Crippen molar-refractivity contribution in [3.63, 3.8) is 0 Å². The van der Waals surface area contributed by atoms with Gasteiger partial charge in [-0.2, -0.15) is 4.52 Å². The van der Waals surface area contributed by atoms with Crippen molar-refractivity contribution in [3.8, 4) is 17.4 Å². The van der Waals surface area contributed by atoms with Gasteiger partial charge in [0.25, 0.3) is 0 Å². The second-order valence-corrected chi connectivity index (χ2v) is 5.99. The predicted molar refractivity (Wildman–Crippen MR) is 98.5 cm³/mol. The van der Waals surface area contributed by atoms with Gasteiger partial charge in [-0.25, -0.2) is 0 Å². The van der Waals surface area contributed by atoms with Gasteiger partial charge in [0.05, 0.1) is 8.94 Å². The van der Waals surface area contributed by atoms with Crippen LogP contribution in [-0.2, 0) is 13.1 Å². The summed E-state index contributed by atoms with van der Waals surface area (Å²) in [5, 5.41) is 25.8. The maximum atomic E-state index is 7.80. The Morgan fingerprint density at radius 3 is 2.93 bits per heavy atom. The molecule has 0 aliphatic heterocycles. The van der Waals surface area contributed by atoms with E-state index in [0.717, 1.165) is 5.39 Å². The molecule has 10 heteroatoms. The lowest BCUT2D eigenvalue weighted by molar-refractivity contribution is 0.289. The SMILES string of the molecule is [2H]C([2H])([2H])C([2H])([2H])n1cc(COc2nn3c(-c4cc(C)on4)nnc3c3ccccc23)nn1. The molecule has 0 aliphatic carbocycles. The van der Waals surface area contributed by atoms with Crippen LogP contribution in [0, 0.1) is 6.92 Å². The van der Waals surface area contributed by atoms with E-state index in [1.165, 1.54) is 10.7 Å². The molecule has 1 aromatic carbocycles. The number of rotatable bonds is 5. The number of benzene rings is 1. The van der Waals surface area contributed by atoms with Crippen molar-refractivity contribution in [2.45, 2.75) is 26.9 Å². The first-order valence-electron chi connectivity index (χ1n) is 10.8. The Labute approximate surface area is 165 Å². The van der Waals surface area contributed by atoms with Crippen molar-refractivity contribution in [1.29, 1.82) is 0 Å². The van der Waals surface area contributed by atoms with Crippen LogP contribution < -0.4 is 4.74 Å². The van der Waals surface area contributed by atoms with Crippen molar-refractivity contribution in [3.05, 3.63) is 48.0 Å². The normalized spacial score (nSPS) is 15.1. The average molecular weight is 381 g/mol. The average Bonchev–Trinajstić information content (AvgIpc) is 3.50. The fraction of sp³-hybridized carbons (Fsp3) is 0.222. The van der Waals surface area contributed by atoms with Crippen molar-refractivity contribution in [1.82, 2.24) is 40.0 Å². The molecule has 0 unspecified atom stereocenters. The molecule has 0 bridgehead atoms. The van der Waals surface area contributed by atoms with E-state index in [0.29, 0.717) is 33.0 Å². The summed E-state index contributed by atoms with van der Waals surface area (Å²) in [6.07, 6.45) is 1.19. The van der Waals surface area contributed by atoms with Crippen molar-refractivity contribution >= 4 is 16.4 Å². The lowest BCUT2D eigenvalue weighted by Crippen LogP contribution is -2.03. The van der Waals surface area contributed by atoms with Gasteiger partial charge < -0.3 is 9.26 Å². The number of ether oxygens (including phenoxy) is 1. The zero-order valence-electron chi connectivity index (χ0n) is 19.6. The van der Waals surface area contributed by atoms with Gasteiger partial charge in [0.1, 0.15) is 18.1 Å². The third-order valence-electron chi connectivity index (χ3n) is 4.10. The van der Waals surface area contributed by atoms with Gasteiger partial charge in [-0.1, -0.05) is 28.6 Å². The fourth-order valence-electron chi connectivity index (χ4n) is 2.85. The Morgan fingerprint density at radius 1 is 1.21 bits per heavy atom. The van der Waals surface area contributed by atoms with Gasteiger partial charge >= 0.3 is 0 Å². The molecule has 10 nitrogen and oxygen atoms in total. The molecule has 5 aromatic rings. The van der Waals surface area contributed by atoms with Crippen molar-refractivity contribution < 1.29 is 16.1 Å². The molecule has 140 valence electrons. The first-order chi connectivity index (χ1) is 15.6. The highest BCUT2D eigenvalue weighted by molar-refractivity contribution is 5.96. The van der Waals surface area contributed by atoms with Gasteiger partial charge in [0.2, 0.25) is 11.7 Å². The summed E-state index contributed by atoms with van der Waals surface area (Å²) in [7, 11) is 0. The fourth-order valence-corrected chi connectivity index (χ4v) is 2.85. The Kier molecular flexibility index (Phi) is 2.70. The van der Waals surface area contributed by atoms with E-state index in [1.54, 1.807) is 13.0 Å². The summed E-state index contributed by atoms with van der Waals surface area (Å²) in [6, 6.07) is 9.06. The summed E-state index contributed by atoms with van der Waals surface area (Å²) in [6.45, 7) is -3.99. The van der Waals surface area contributed by atoms with Crippen LogP contribution in [-0.4, -0.2) is 40.0 Å².